The van der Waals surface area contributed by atoms with Gasteiger partial charge in [-0.3, -0.25) is 4.79 Å². The van der Waals surface area contributed by atoms with Gasteiger partial charge in [-0.25, -0.2) is 0 Å². The third-order valence-corrected chi connectivity index (χ3v) is 4.46. The summed E-state index contributed by atoms with van der Waals surface area (Å²) in [6.45, 7) is 3.91. The third-order valence-electron chi connectivity index (χ3n) is 3.57. The predicted molar refractivity (Wildman–Crippen MR) is 81.2 cm³/mol. The maximum Gasteiger partial charge on any atom is 0.220 e. The first-order valence-electron chi connectivity index (χ1n) is 6.90. The molecule has 4 heteroatoms. The zero-order valence-electron chi connectivity index (χ0n) is 11.3. The Morgan fingerprint density at radius 2 is 2.37 bits per heavy atom. The second-order valence-corrected chi connectivity index (χ2v) is 6.04. The number of carbonyl (C=O) groups excluding carboxylic acids is 1. The van der Waals surface area contributed by atoms with Crippen molar-refractivity contribution in [2.45, 2.75) is 38.6 Å². The summed E-state index contributed by atoms with van der Waals surface area (Å²) in [5, 5.41) is 6.39. The van der Waals surface area contributed by atoms with Crippen molar-refractivity contribution in [3.8, 4) is 0 Å². The Bertz CT molecular complexity index is 442. The number of hydrogen-bond donors (Lipinski definition) is 2. The minimum Gasteiger partial charge on any atom is -0.355 e. The molecule has 0 radical (unpaired) electrons. The van der Waals surface area contributed by atoms with Crippen molar-refractivity contribution in [1.29, 1.82) is 0 Å². The topological polar surface area (TPSA) is 41.1 Å². The second-order valence-electron chi connectivity index (χ2n) is 5.18. The Morgan fingerprint density at radius 3 is 3.05 bits per heavy atom. The standard InChI is InChI=1S/C15H21BrN2O/c1-11-9-12(4-6-14(11)16)5-7-15(19)18-10-13-3-2-8-17-13/h4,6,9,13,17H,2-3,5,7-8,10H2,1H3,(H,18,19)/t13-/m1/s1. The Morgan fingerprint density at radius 1 is 1.53 bits per heavy atom. The number of carbonyl (C=O) groups is 1. The molecule has 2 N–H and O–H groups in total. The van der Waals surface area contributed by atoms with Crippen LogP contribution in [0.4, 0.5) is 0 Å². The molecule has 0 spiro atoms. The summed E-state index contributed by atoms with van der Waals surface area (Å²) in [5.74, 6) is 0.147. The van der Waals surface area contributed by atoms with Gasteiger partial charge in [0.25, 0.3) is 0 Å². The van der Waals surface area contributed by atoms with Crippen LogP contribution in [0.3, 0.4) is 0 Å². The maximum absolute atomic E-state index is 11.8. The van der Waals surface area contributed by atoms with Crippen LogP contribution in [0.2, 0.25) is 0 Å². The SMILES string of the molecule is Cc1cc(CCC(=O)NC[C@H]2CCCN2)ccc1Br. The van der Waals surface area contributed by atoms with Crippen LogP contribution in [0, 0.1) is 6.92 Å². The van der Waals surface area contributed by atoms with E-state index >= 15 is 0 Å². The van der Waals surface area contributed by atoms with E-state index in [0.29, 0.717) is 12.5 Å². The number of rotatable bonds is 5. The molecule has 1 aliphatic rings. The van der Waals surface area contributed by atoms with Gasteiger partial charge in [-0.15, -0.1) is 0 Å². The summed E-state index contributed by atoms with van der Waals surface area (Å²) in [4.78, 5) is 11.8. The Balaban J connectivity index is 1.71. The molecule has 3 nitrogen and oxygen atoms in total. The average molecular weight is 325 g/mol. The molecule has 1 heterocycles. The summed E-state index contributed by atoms with van der Waals surface area (Å²) >= 11 is 3.49. The zero-order chi connectivity index (χ0) is 13.7. The number of halogens is 1. The summed E-state index contributed by atoms with van der Waals surface area (Å²) in [6.07, 6.45) is 3.76. The van der Waals surface area contributed by atoms with Crippen molar-refractivity contribution in [3.05, 3.63) is 33.8 Å². The number of hydrogen-bond acceptors (Lipinski definition) is 2. The maximum atomic E-state index is 11.8. The van der Waals surface area contributed by atoms with Crippen LogP contribution in [0.15, 0.2) is 22.7 Å². The van der Waals surface area contributed by atoms with E-state index in [1.54, 1.807) is 0 Å². The molecule has 1 aromatic carbocycles. The molecule has 0 bridgehead atoms. The van der Waals surface area contributed by atoms with Crippen LogP contribution in [0.5, 0.6) is 0 Å². The lowest BCUT2D eigenvalue weighted by molar-refractivity contribution is -0.121. The van der Waals surface area contributed by atoms with E-state index in [2.05, 4.69) is 45.6 Å². The van der Waals surface area contributed by atoms with Gasteiger partial charge < -0.3 is 10.6 Å². The lowest BCUT2D eigenvalue weighted by Gasteiger charge is -2.11. The fourth-order valence-electron chi connectivity index (χ4n) is 2.38. The lowest BCUT2D eigenvalue weighted by Crippen LogP contribution is -2.37. The molecule has 1 amide bonds. The summed E-state index contributed by atoms with van der Waals surface area (Å²) in [6, 6.07) is 6.72. The second kappa shape index (κ2) is 7.06. The van der Waals surface area contributed by atoms with Crippen LogP contribution in [-0.2, 0) is 11.2 Å². The van der Waals surface area contributed by atoms with Gasteiger partial charge in [-0.2, -0.15) is 0 Å². The largest absolute Gasteiger partial charge is 0.355 e. The highest BCUT2D eigenvalue weighted by Gasteiger charge is 2.14. The smallest absolute Gasteiger partial charge is 0.220 e. The van der Waals surface area contributed by atoms with Crippen LogP contribution in [-0.4, -0.2) is 25.0 Å². The molecular weight excluding hydrogens is 304 g/mol. The molecule has 104 valence electrons. The van der Waals surface area contributed by atoms with Crippen LogP contribution >= 0.6 is 15.9 Å². The normalized spacial score (nSPS) is 18.5. The third kappa shape index (κ3) is 4.62. The van der Waals surface area contributed by atoms with Gasteiger partial charge in [0.2, 0.25) is 5.91 Å². The number of nitrogens with one attached hydrogen (secondary N) is 2. The van der Waals surface area contributed by atoms with E-state index in [-0.39, 0.29) is 5.91 Å². The Hall–Kier alpha value is -0.870. The molecule has 1 fully saturated rings. The van der Waals surface area contributed by atoms with Gasteiger partial charge >= 0.3 is 0 Å². The van der Waals surface area contributed by atoms with Crippen molar-refractivity contribution in [2.24, 2.45) is 0 Å². The van der Waals surface area contributed by atoms with Crippen molar-refractivity contribution in [3.63, 3.8) is 0 Å². The van der Waals surface area contributed by atoms with Gasteiger partial charge in [0.05, 0.1) is 0 Å². The Labute approximate surface area is 123 Å². The van der Waals surface area contributed by atoms with Gasteiger partial charge in [-0.1, -0.05) is 28.1 Å². The highest BCUT2D eigenvalue weighted by atomic mass is 79.9. The van der Waals surface area contributed by atoms with Crippen molar-refractivity contribution in [1.82, 2.24) is 10.6 Å². The Kier molecular flexibility index (Phi) is 5.40. The summed E-state index contributed by atoms with van der Waals surface area (Å²) in [5.41, 5.74) is 2.43. The molecule has 19 heavy (non-hydrogen) atoms. The predicted octanol–water partition coefficient (Wildman–Crippen LogP) is 2.56. The first kappa shape index (κ1) is 14.5. The molecule has 1 atom stereocenters. The zero-order valence-corrected chi connectivity index (χ0v) is 12.9. The van der Waals surface area contributed by atoms with Crippen LogP contribution in [0.1, 0.15) is 30.4 Å². The lowest BCUT2D eigenvalue weighted by atomic mass is 10.1. The molecule has 0 saturated carbocycles. The number of benzene rings is 1. The average Bonchev–Trinajstić information content (AvgIpc) is 2.91. The minimum absolute atomic E-state index is 0.147. The van der Waals surface area contributed by atoms with Crippen molar-refractivity contribution >= 4 is 21.8 Å². The van der Waals surface area contributed by atoms with Gasteiger partial charge in [-0.05, 0) is 49.9 Å². The summed E-state index contributed by atoms with van der Waals surface area (Å²) in [7, 11) is 0. The molecule has 2 rings (SSSR count). The van der Waals surface area contributed by atoms with E-state index in [9.17, 15) is 4.79 Å². The molecule has 1 aromatic rings. The fourth-order valence-corrected chi connectivity index (χ4v) is 2.62. The van der Waals surface area contributed by atoms with E-state index in [0.717, 1.165) is 24.0 Å². The molecule has 0 aromatic heterocycles. The minimum atomic E-state index is 0.147. The first-order valence-corrected chi connectivity index (χ1v) is 7.69. The molecule has 1 aliphatic heterocycles. The van der Waals surface area contributed by atoms with E-state index in [4.69, 9.17) is 0 Å². The van der Waals surface area contributed by atoms with E-state index < -0.39 is 0 Å². The van der Waals surface area contributed by atoms with Crippen LogP contribution < -0.4 is 10.6 Å². The van der Waals surface area contributed by atoms with Crippen LogP contribution in [0.25, 0.3) is 0 Å². The molecule has 0 aliphatic carbocycles. The quantitative estimate of drug-likeness (QED) is 0.874. The highest BCUT2D eigenvalue weighted by molar-refractivity contribution is 9.10. The molecular formula is C15H21BrN2O. The van der Waals surface area contributed by atoms with Crippen molar-refractivity contribution in [2.75, 3.05) is 13.1 Å². The van der Waals surface area contributed by atoms with Crippen molar-refractivity contribution < 1.29 is 4.79 Å². The van der Waals surface area contributed by atoms with E-state index in [1.807, 2.05) is 6.07 Å². The number of amides is 1. The summed E-state index contributed by atoms with van der Waals surface area (Å²) < 4.78 is 1.12. The number of aryl methyl sites for hydroxylation is 2. The van der Waals surface area contributed by atoms with Gasteiger partial charge in [0, 0.05) is 23.5 Å². The monoisotopic (exact) mass is 324 g/mol. The van der Waals surface area contributed by atoms with Gasteiger partial charge in [0.1, 0.15) is 0 Å². The van der Waals surface area contributed by atoms with E-state index in [1.165, 1.54) is 24.0 Å². The first-order chi connectivity index (χ1) is 9.15. The molecule has 0 unspecified atom stereocenters. The van der Waals surface area contributed by atoms with Gasteiger partial charge in [0.15, 0.2) is 0 Å². The highest BCUT2D eigenvalue weighted by Crippen LogP contribution is 2.17. The molecule has 1 saturated heterocycles. The fraction of sp³-hybridized carbons (Fsp3) is 0.533.